The van der Waals surface area contributed by atoms with E-state index in [0.29, 0.717) is 11.4 Å². The first-order valence-electron chi connectivity index (χ1n) is 5.54. The molecule has 18 heavy (non-hydrogen) atoms. The zero-order valence-electron chi connectivity index (χ0n) is 10.2. The van der Waals surface area contributed by atoms with Crippen LogP contribution in [0.5, 0.6) is 0 Å². The van der Waals surface area contributed by atoms with Crippen molar-refractivity contribution in [2.75, 3.05) is 17.7 Å². The van der Waals surface area contributed by atoms with Crippen LogP contribution in [0.3, 0.4) is 0 Å². The average Bonchev–Trinajstić information content (AvgIpc) is 2.31. The molecular weight excluding hydrogens is 295 g/mol. The number of rotatable bonds is 2. The first-order chi connectivity index (χ1) is 8.49. The Kier molecular flexibility index (Phi) is 3.57. The van der Waals surface area contributed by atoms with Crippen LogP contribution in [-0.4, -0.2) is 7.05 Å². The third-order valence-corrected chi connectivity index (χ3v) is 3.31. The van der Waals surface area contributed by atoms with Crippen molar-refractivity contribution in [1.82, 2.24) is 0 Å². The topological polar surface area (TPSA) is 29.3 Å². The number of halogens is 2. The molecule has 2 aromatic rings. The summed E-state index contributed by atoms with van der Waals surface area (Å²) in [5.74, 6) is -0.277. The van der Waals surface area contributed by atoms with Crippen LogP contribution < -0.4 is 10.6 Å². The molecule has 2 rings (SSSR count). The van der Waals surface area contributed by atoms with E-state index in [-0.39, 0.29) is 5.82 Å². The van der Waals surface area contributed by atoms with Crippen LogP contribution in [0.2, 0.25) is 0 Å². The first kappa shape index (κ1) is 12.9. The molecule has 2 nitrogen and oxygen atoms in total. The first-order valence-corrected chi connectivity index (χ1v) is 6.33. The van der Waals surface area contributed by atoms with E-state index in [0.717, 1.165) is 15.7 Å². The molecule has 0 heterocycles. The summed E-state index contributed by atoms with van der Waals surface area (Å²) in [4.78, 5) is 1.74. The largest absolute Gasteiger partial charge is 0.397 e. The maximum Gasteiger partial charge on any atom is 0.146 e. The Labute approximate surface area is 114 Å². The van der Waals surface area contributed by atoms with Gasteiger partial charge in [-0.2, -0.15) is 0 Å². The number of nitrogens with two attached hydrogens (primary N) is 1. The monoisotopic (exact) mass is 308 g/mol. The van der Waals surface area contributed by atoms with Crippen LogP contribution in [0.1, 0.15) is 5.56 Å². The molecule has 0 amide bonds. The number of nitrogen functional groups attached to an aromatic ring is 1. The van der Waals surface area contributed by atoms with E-state index >= 15 is 0 Å². The Morgan fingerprint density at radius 2 is 1.83 bits per heavy atom. The van der Waals surface area contributed by atoms with E-state index in [9.17, 15) is 4.39 Å². The highest BCUT2D eigenvalue weighted by molar-refractivity contribution is 9.10. The van der Waals surface area contributed by atoms with Crippen molar-refractivity contribution in [3.8, 4) is 0 Å². The molecule has 0 fully saturated rings. The van der Waals surface area contributed by atoms with Gasteiger partial charge in [0.2, 0.25) is 0 Å². The van der Waals surface area contributed by atoms with Gasteiger partial charge in [-0.3, -0.25) is 0 Å². The van der Waals surface area contributed by atoms with E-state index in [2.05, 4.69) is 15.9 Å². The van der Waals surface area contributed by atoms with Gasteiger partial charge >= 0.3 is 0 Å². The lowest BCUT2D eigenvalue weighted by Gasteiger charge is -2.22. The van der Waals surface area contributed by atoms with Gasteiger partial charge in [0.15, 0.2) is 0 Å². The van der Waals surface area contributed by atoms with Crippen LogP contribution in [0, 0.1) is 12.7 Å². The maximum absolute atomic E-state index is 13.8. The van der Waals surface area contributed by atoms with E-state index in [1.807, 2.05) is 25.1 Å². The minimum absolute atomic E-state index is 0.277. The Bertz CT molecular complexity index is 584. The fourth-order valence-corrected chi connectivity index (χ4v) is 2.20. The lowest BCUT2D eigenvalue weighted by molar-refractivity contribution is 0.627. The third kappa shape index (κ3) is 2.48. The van der Waals surface area contributed by atoms with Crippen LogP contribution >= 0.6 is 15.9 Å². The molecule has 2 aromatic carbocycles. The van der Waals surface area contributed by atoms with Gasteiger partial charge < -0.3 is 10.6 Å². The molecule has 0 bridgehead atoms. The molecule has 0 aromatic heterocycles. The van der Waals surface area contributed by atoms with Crippen molar-refractivity contribution in [2.24, 2.45) is 0 Å². The Morgan fingerprint density at radius 1 is 1.11 bits per heavy atom. The number of anilines is 3. The van der Waals surface area contributed by atoms with Crippen LogP contribution in [0.4, 0.5) is 21.5 Å². The fourth-order valence-electron chi connectivity index (χ4n) is 1.85. The predicted octanol–water partition coefficient (Wildman–Crippen LogP) is 4.25. The summed E-state index contributed by atoms with van der Waals surface area (Å²) in [6.07, 6.45) is 0. The number of hydrogen-bond acceptors (Lipinski definition) is 2. The molecule has 2 N–H and O–H groups in total. The molecule has 94 valence electrons. The highest BCUT2D eigenvalue weighted by Crippen LogP contribution is 2.32. The quantitative estimate of drug-likeness (QED) is 0.841. The molecule has 0 aliphatic carbocycles. The molecule has 0 aliphatic rings. The maximum atomic E-state index is 13.8. The van der Waals surface area contributed by atoms with Gasteiger partial charge in [-0.1, -0.05) is 22.0 Å². The smallest absolute Gasteiger partial charge is 0.146 e. The zero-order valence-corrected chi connectivity index (χ0v) is 11.8. The highest BCUT2D eigenvalue weighted by Gasteiger charge is 2.12. The second-order valence-corrected chi connectivity index (χ2v) is 5.13. The Hall–Kier alpha value is -1.55. The van der Waals surface area contributed by atoms with Crippen LogP contribution in [0.15, 0.2) is 40.9 Å². The molecule has 0 atom stereocenters. The van der Waals surface area contributed by atoms with Gasteiger partial charge in [-0.25, -0.2) is 4.39 Å². The number of nitrogens with zero attached hydrogens (tertiary/aromatic N) is 1. The molecule has 0 radical (unpaired) electrons. The van der Waals surface area contributed by atoms with Gasteiger partial charge in [0.05, 0.1) is 17.1 Å². The van der Waals surface area contributed by atoms with Crippen molar-refractivity contribution >= 4 is 33.0 Å². The van der Waals surface area contributed by atoms with Gasteiger partial charge in [-0.05, 0) is 42.8 Å². The summed E-state index contributed by atoms with van der Waals surface area (Å²) in [6.45, 7) is 1.97. The molecule has 0 aliphatic heterocycles. The Balaban J connectivity index is 2.47. The second kappa shape index (κ2) is 4.98. The Morgan fingerprint density at radius 3 is 2.50 bits per heavy atom. The summed E-state index contributed by atoms with van der Waals surface area (Å²) in [5, 5.41) is 0. The van der Waals surface area contributed by atoms with Crippen LogP contribution in [-0.2, 0) is 0 Å². The van der Waals surface area contributed by atoms with E-state index in [1.54, 1.807) is 24.1 Å². The summed E-state index contributed by atoms with van der Waals surface area (Å²) in [5.41, 5.74) is 8.97. The summed E-state index contributed by atoms with van der Waals surface area (Å²) in [6, 6.07) is 10.6. The summed E-state index contributed by atoms with van der Waals surface area (Å²) >= 11 is 3.34. The minimum atomic E-state index is -0.277. The second-order valence-electron chi connectivity index (χ2n) is 4.22. The van der Waals surface area contributed by atoms with E-state index < -0.39 is 0 Å². The van der Waals surface area contributed by atoms with Gasteiger partial charge in [0, 0.05) is 11.5 Å². The van der Waals surface area contributed by atoms with Gasteiger partial charge in [0.25, 0.3) is 0 Å². The zero-order chi connectivity index (χ0) is 13.3. The lowest BCUT2D eigenvalue weighted by atomic mass is 10.1. The van der Waals surface area contributed by atoms with Crippen molar-refractivity contribution in [2.45, 2.75) is 6.92 Å². The summed E-state index contributed by atoms with van der Waals surface area (Å²) in [7, 11) is 1.80. The van der Waals surface area contributed by atoms with Gasteiger partial charge in [-0.15, -0.1) is 0 Å². The fraction of sp³-hybridized carbons (Fsp3) is 0.143. The molecule has 0 unspecified atom stereocenters. The minimum Gasteiger partial charge on any atom is -0.397 e. The van der Waals surface area contributed by atoms with Gasteiger partial charge in [0.1, 0.15) is 5.82 Å². The van der Waals surface area contributed by atoms with E-state index in [1.165, 1.54) is 6.07 Å². The number of hydrogen-bond donors (Lipinski definition) is 1. The SMILES string of the molecule is Cc1ccc(N(C)c2cc(Br)ccc2F)c(N)c1. The highest BCUT2D eigenvalue weighted by atomic mass is 79.9. The molecular formula is C14H14BrFN2. The number of aryl methyl sites for hydroxylation is 1. The summed E-state index contributed by atoms with van der Waals surface area (Å²) < 4.78 is 14.6. The predicted molar refractivity (Wildman–Crippen MR) is 77.8 cm³/mol. The third-order valence-electron chi connectivity index (χ3n) is 2.81. The van der Waals surface area contributed by atoms with Crippen molar-refractivity contribution in [1.29, 1.82) is 0 Å². The van der Waals surface area contributed by atoms with Crippen LogP contribution in [0.25, 0.3) is 0 Å². The van der Waals surface area contributed by atoms with Crippen molar-refractivity contribution in [3.63, 3.8) is 0 Å². The molecule has 0 saturated heterocycles. The van der Waals surface area contributed by atoms with Crippen molar-refractivity contribution in [3.05, 3.63) is 52.3 Å². The lowest BCUT2D eigenvalue weighted by Crippen LogP contribution is -2.13. The molecule has 0 spiro atoms. The van der Waals surface area contributed by atoms with E-state index in [4.69, 9.17) is 5.73 Å². The van der Waals surface area contributed by atoms with Crippen molar-refractivity contribution < 1.29 is 4.39 Å². The number of benzene rings is 2. The molecule has 4 heteroatoms. The standard InChI is InChI=1S/C14H14BrFN2/c1-9-3-6-13(12(17)7-9)18(2)14-8-10(15)4-5-11(14)16/h3-8H,17H2,1-2H3. The normalized spacial score (nSPS) is 10.4. The molecule has 0 saturated carbocycles. The average molecular weight is 309 g/mol.